The van der Waals surface area contributed by atoms with Crippen molar-refractivity contribution in [2.75, 3.05) is 20.8 Å². The van der Waals surface area contributed by atoms with Crippen LogP contribution in [0.25, 0.3) is 0 Å². The predicted molar refractivity (Wildman–Crippen MR) is 105 cm³/mol. The first-order valence-electron chi connectivity index (χ1n) is 9.37. The molecule has 0 saturated carbocycles. The van der Waals surface area contributed by atoms with Crippen molar-refractivity contribution in [3.05, 3.63) is 11.3 Å². The molecule has 162 valence electrons. The quantitative estimate of drug-likeness (QED) is 0.462. The summed E-state index contributed by atoms with van der Waals surface area (Å²) in [4.78, 5) is 55.8. The number of nitrogens with zero attached hydrogens (tertiary/aromatic N) is 2. The van der Waals surface area contributed by atoms with Gasteiger partial charge < -0.3 is 19.1 Å². The zero-order valence-electron chi connectivity index (χ0n) is 18.3. The van der Waals surface area contributed by atoms with Crippen LogP contribution in [0, 0.1) is 11.8 Å². The topological polar surface area (TPSA) is 112 Å². The standard InChI is InChI=1S/C20H30N2O7/c1-10(2)22(11(3)4)14(23)9-29-20(26)17-15(18(24)27-7)12(5)21-13(6)16(17)19(25)28-8/h10-11,15,17H,9H2,1-8H3/t15?,17-/m0/s1. The molecule has 1 aliphatic rings. The van der Waals surface area contributed by atoms with Gasteiger partial charge in [-0.05, 0) is 41.5 Å². The Balaban J connectivity index is 3.21. The third-order valence-corrected chi connectivity index (χ3v) is 4.68. The Kier molecular flexibility index (Phi) is 8.54. The number of hydrogen-bond donors (Lipinski definition) is 0. The van der Waals surface area contributed by atoms with E-state index in [2.05, 4.69) is 4.99 Å². The van der Waals surface area contributed by atoms with Gasteiger partial charge in [-0.25, -0.2) is 4.79 Å². The van der Waals surface area contributed by atoms with Crippen LogP contribution in [0.4, 0.5) is 0 Å². The van der Waals surface area contributed by atoms with E-state index < -0.39 is 36.4 Å². The first-order chi connectivity index (χ1) is 13.5. The molecule has 9 nitrogen and oxygen atoms in total. The molecule has 9 heteroatoms. The lowest BCUT2D eigenvalue weighted by molar-refractivity contribution is -0.160. The van der Waals surface area contributed by atoms with Gasteiger partial charge in [-0.3, -0.25) is 19.4 Å². The van der Waals surface area contributed by atoms with E-state index in [1.165, 1.54) is 14.0 Å². The lowest BCUT2D eigenvalue weighted by Crippen LogP contribution is -2.46. The fraction of sp³-hybridized carbons (Fsp3) is 0.650. The molecule has 0 aliphatic carbocycles. The highest BCUT2D eigenvalue weighted by Crippen LogP contribution is 2.33. The zero-order valence-corrected chi connectivity index (χ0v) is 18.3. The summed E-state index contributed by atoms with van der Waals surface area (Å²) in [5.41, 5.74) is 0.463. The van der Waals surface area contributed by atoms with Crippen molar-refractivity contribution in [2.45, 2.75) is 53.6 Å². The largest absolute Gasteiger partial charge is 0.468 e. The zero-order chi connectivity index (χ0) is 22.5. The van der Waals surface area contributed by atoms with E-state index in [0.29, 0.717) is 5.71 Å². The summed E-state index contributed by atoms with van der Waals surface area (Å²) in [7, 11) is 2.34. The van der Waals surface area contributed by atoms with Crippen LogP contribution >= 0.6 is 0 Å². The molecule has 1 rings (SSSR count). The molecule has 0 N–H and O–H groups in total. The third-order valence-electron chi connectivity index (χ3n) is 4.68. The van der Waals surface area contributed by atoms with Gasteiger partial charge >= 0.3 is 17.9 Å². The predicted octanol–water partition coefficient (Wildman–Crippen LogP) is 1.50. The van der Waals surface area contributed by atoms with Gasteiger partial charge in [0.25, 0.3) is 5.91 Å². The van der Waals surface area contributed by atoms with E-state index in [1.807, 2.05) is 27.7 Å². The maximum absolute atomic E-state index is 12.9. The second-order valence-electron chi connectivity index (χ2n) is 7.32. The summed E-state index contributed by atoms with van der Waals surface area (Å²) in [6.45, 7) is 10.0. The Hall–Kier alpha value is -2.71. The Morgan fingerprint density at radius 1 is 0.931 bits per heavy atom. The monoisotopic (exact) mass is 410 g/mol. The summed E-state index contributed by atoms with van der Waals surface area (Å²) >= 11 is 0. The summed E-state index contributed by atoms with van der Waals surface area (Å²) in [6, 6.07) is -0.165. The second-order valence-corrected chi connectivity index (χ2v) is 7.32. The van der Waals surface area contributed by atoms with Gasteiger partial charge in [0, 0.05) is 23.5 Å². The molecular formula is C20H30N2O7. The van der Waals surface area contributed by atoms with Gasteiger partial charge in [0.1, 0.15) is 11.8 Å². The summed E-state index contributed by atoms with van der Waals surface area (Å²) in [6.07, 6.45) is 0. The molecule has 1 aliphatic heterocycles. The average molecular weight is 410 g/mol. The molecule has 29 heavy (non-hydrogen) atoms. The average Bonchev–Trinajstić information content (AvgIpc) is 2.63. The molecule has 0 radical (unpaired) electrons. The molecule has 0 bridgehead atoms. The maximum Gasteiger partial charge on any atom is 0.336 e. The lowest BCUT2D eigenvalue weighted by Gasteiger charge is -2.31. The van der Waals surface area contributed by atoms with E-state index in [-0.39, 0.29) is 29.3 Å². The molecule has 0 spiro atoms. The van der Waals surface area contributed by atoms with Crippen molar-refractivity contribution in [3.8, 4) is 0 Å². The first-order valence-corrected chi connectivity index (χ1v) is 9.37. The van der Waals surface area contributed by atoms with Crippen LogP contribution in [0.3, 0.4) is 0 Å². The van der Waals surface area contributed by atoms with Crippen molar-refractivity contribution < 1.29 is 33.4 Å². The van der Waals surface area contributed by atoms with E-state index in [1.54, 1.807) is 11.8 Å². The van der Waals surface area contributed by atoms with Crippen LogP contribution in [0.2, 0.25) is 0 Å². The highest BCUT2D eigenvalue weighted by atomic mass is 16.5. The van der Waals surface area contributed by atoms with Gasteiger partial charge in [-0.1, -0.05) is 0 Å². The highest BCUT2D eigenvalue weighted by molar-refractivity contribution is 6.10. The maximum atomic E-state index is 12.9. The van der Waals surface area contributed by atoms with Crippen LogP contribution in [-0.2, 0) is 33.4 Å². The highest BCUT2D eigenvalue weighted by Gasteiger charge is 2.46. The van der Waals surface area contributed by atoms with Crippen molar-refractivity contribution in [1.29, 1.82) is 0 Å². The van der Waals surface area contributed by atoms with Crippen LogP contribution in [0.1, 0.15) is 41.5 Å². The first kappa shape index (κ1) is 24.3. The number of carbonyl (C=O) groups excluding carboxylic acids is 4. The second kappa shape index (κ2) is 10.2. The summed E-state index contributed by atoms with van der Waals surface area (Å²) < 4.78 is 14.8. The molecular weight excluding hydrogens is 380 g/mol. The number of ether oxygens (including phenoxy) is 3. The van der Waals surface area contributed by atoms with Crippen molar-refractivity contribution in [2.24, 2.45) is 16.8 Å². The Bertz CT molecular complexity index is 729. The Morgan fingerprint density at radius 2 is 1.48 bits per heavy atom. The number of allylic oxidation sites excluding steroid dienone is 1. The summed E-state index contributed by atoms with van der Waals surface area (Å²) in [5.74, 6) is -5.26. The van der Waals surface area contributed by atoms with Gasteiger partial charge in [-0.2, -0.15) is 0 Å². The van der Waals surface area contributed by atoms with Gasteiger partial charge in [0.2, 0.25) is 0 Å². The Labute approximate surface area is 171 Å². The molecule has 1 heterocycles. The molecule has 0 aromatic rings. The summed E-state index contributed by atoms with van der Waals surface area (Å²) in [5, 5.41) is 0. The number of esters is 3. The van der Waals surface area contributed by atoms with Crippen LogP contribution in [0.5, 0.6) is 0 Å². The number of carbonyl (C=O) groups is 4. The number of amides is 1. The van der Waals surface area contributed by atoms with Crippen LogP contribution in [-0.4, -0.2) is 67.3 Å². The molecule has 0 saturated heterocycles. The molecule has 0 fully saturated rings. The van der Waals surface area contributed by atoms with Crippen LogP contribution < -0.4 is 0 Å². The minimum absolute atomic E-state index is 0.0825. The minimum Gasteiger partial charge on any atom is -0.468 e. The molecule has 0 aromatic heterocycles. The van der Waals surface area contributed by atoms with Crippen LogP contribution in [0.15, 0.2) is 16.3 Å². The van der Waals surface area contributed by atoms with Crippen molar-refractivity contribution in [1.82, 2.24) is 4.90 Å². The van der Waals surface area contributed by atoms with E-state index in [4.69, 9.17) is 14.2 Å². The SMILES string of the molecule is COC(=O)C1=C(C)N=C(C)C(C(=O)OC)[C@@H]1C(=O)OCC(=O)N(C(C)C)C(C)C. The smallest absolute Gasteiger partial charge is 0.336 e. The van der Waals surface area contributed by atoms with Crippen molar-refractivity contribution in [3.63, 3.8) is 0 Å². The fourth-order valence-electron chi connectivity index (χ4n) is 3.57. The third kappa shape index (κ3) is 5.42. The fourth-order valence-corrected chi connectivity index (χ4v) is 3.57. The molecule has 0 aromatic carbocycles. The van der Waals surface area contributed by atoms with E-state index in [9.17, 15) is 19.2 Å². The minimum atomic E-state index is -1.31. The number of rotatable bonds is 7. The number of aliphatic imine (C=N–C) groups is 1. The molecule has 1 amide bonds. The van der Waals surface area contributed by atoms with Gasteiger partial charge in [-0.15, -0.1) is 0 Å². The van der Waals surface area contributed by atoms with E-state index >= 15 is 0 Å². The normalized spacial score (nSPS) is 19.0. The van der Waals surface area contributed by atoms with Gasteiger partial charge in [0.05, 0.1) is 19.8 Å². The van der Waals surface area contributed by atoms with Crippen molar-refractivity contribution >= 4 is 29.5 Å². The van der Waals surface area contributed by atoms with E-state index in [0.717, 1.165) is 7.11 Å². The molecule has 2 atom stereocenters. The number of hydrogen-bond acceptors (Lipinski definition) is 8. The Morgan fingerprint density at radius 3 is 1.93 bits per heavy atom. The lowest BCUT2D eigenvalue weighted by atomic mass is 9.80. The number of methoxy groups -OCH3 is 2. The van der Waals surface area contributed by atoms with Gasteiger partial charge in [0.15, 0.2) is 6.61 Å². The molecule has 1 unspecified atom stereocenters.